The highest BCUT2D eigenvalue weighted by atomic mass is 19.2. The van der Waals surface area contributed by atoms with Crippen LogP contribution in [0.25, 0.3) is 0 Å². The first kappa shape index (κ1) is 12.3. The lowest BCUT2D eigenvalue weighted by Gasteiger charge is -2.10. The smallest absolute Gasteiger partial charge is 0.341 e. The Morgan fingerprint density at radius 2 is 1.56 bits per heavy atom. The van der Waals surface area contributed by atoms with Gasteiger partial charge >= 0.3 is 5.97 Å². The average molecular weight is 237 g/mol. The van der Waals surface area contributed by atoms with Gasteiger partial charge in [0.15, 0.2) is 23.3 Å². The number of rotatable bonds is 3. The molecule has 0 heterocycles. The van der Waals surface area contributed by atoms with Crippen molar-refractivity contribution in [3.05, 3.63) is 28.8 Å². The molecule has 7 heteroatoms. The third-order valence-corrected chi connectivity index (χ3v) is 1.83. The summed E-state index contributed by atoms with van der Waals surface area (Å²) in [6.45, 7) is 1.49. The molecule has 1 aromatic rings. The van der Waals surface area contributed by atoms with E-state index in [1.165, 1.54) is 6.92 Å². The summed E-state index contributed by atoms with van der Waals surface area (Å²) in [5, 5.41) is 10.5. The molecular formula is C9H7F4NO2. The van der Waals surface area contributed by atoms with E-state index in [2.05, 4.69) is 5.32 Å². The van der Waals surface area contributed by atoms with E-state index in [-0.39, 0.29) is 6.54 Å². The maximum Gasteiger partial charge on any atom is 0.341 e. The summed E-state index contributed by atoms with van der Waals surface area (Å²) < 4.78 is 52.4. The van der Waals surface area contributed by atoms with Crippen LogP contribution in [0.4, 0.5) is 23.2 Å². The number of carbonyl (C=O) groups is 1. The molecule has 16 heavy (non-hydrogen) atoms. The predicted octanol–water partition coefficient (Wildman–Crippen LogP) is 2.37. The van der Waals surface area contributed by atoms with Gasteiger partial charge in [-0.3, -0.25) is 0 Å². The fourth-order valence-electron chi connectivity index (χ4n) is 1.15. The lowest BCUT2D eigenvalue weighted by Crippen LogP contribution is -2.13. The molecule has 3 nitrogen and oxygen atoms in total. The quantitative estimate of drug-likeness (QED) is 0.626. The summed E-state index contributed by atoms with van der Waals surface area (Å²) in [7, 11) is 0. The Kier molecular flexibility index (Phi) is 3.36. The SMILES string of the molecule is CCNc1c(F)c(F)c(C(=O)O)c(F)c1F. The van der Waals surface area contributed by atoms with Gasteiger partial charge in [-0.15, -0.1) is 0 Å². The fraction of sp³-hybridized carbons (Fsp3) is 0.222. The second kappa shape index (κ2) is 4.38. The third-order valence-electron chi connectivity index (χ3n) is 1.83. The first-order valence-electron chi connectivity index (χ1n) is 4.24. The van der Waals surface area contributed by atoms with Gasteiger partial charge in [0.25, 0.3) is 0 Å². The number of carboxylic acids is 1. The molecule has 0 atom stereocenters. The normalized spacial score (nSPS) is 10.3. The van der Waals surface area contributed by atoms with Crippen LogP contribution < -0.4 is 5.32 Å². The molecule has 0 spiro atoms. The van der Waals surface area contributed by atoms with Gasteiger partial charge in [0.05, 0.1) is 0 Å². The van der Waals surface area contributed by atoms with Gasteiger partial charge in [-0.25, -0.2) is 22.4 Å². The van der Waals surface area contributed by atoms with Gasteiger partial charge in [0.1, 0.15) is 11.3 Å². The molecule has 0 saturated heterocycles. The van der Waals surface area contributed by atoms with Crippen LogP contribution in [-0.4, -0.2) is 17.6 Å². The topological polar surface area (TPSA) is 49.3 Å². The molecule has 2 N–H and O–H groups in total. The van der Waals surface area contributed by atoms with Gasteiger partial charge in [0.2, 0.25) is 0 Å². The Balaban J connectivity index is 3.56. The number of hydrogen-bond acceptors (Lipinski definition) is 2. The van der Waals surface area contributed by atoms with Gasteiger partial charge in [-0.1, -0.05) is 0 Å². The molecule has 0 aliphatic heterocycles. The second-order valence-corrected chi connectivity index (χ2v) is 2.84. The Labute approximate surface area is 87.7 Å². The van der Waals surface area contributed by atoms with Crippen molar-refractivity contribution < 1.29 is 27.5 Å². The molecule has 0 bridgehead atoms. The number of halogens is 4. The van der Waals surface area contributed by atoms with E-state index in [0.29, 0.717) is 0 Å². The summed E-state index contributed by atoms with van der Waals surface area (Å²) >= 11 is 0. The zero-order valence-electron chi connectivity index (χ0n) is 8.07. The van der Waals surface area contributed by atoms with Crippen LogP contribution >= 0.6 is 0 Å². The van der Waals surface area contributed by atoms with Crippen molar-refractivity contribution in [1.82, 2.24) is 0 Å². The molecular weight excluding hydrogens is 230 g/mol. The maximum absolute atomic E-state index is 13.1. The van der Waals surface area contributed by atoms with Crippen LogP contribution in [0.1, 0.15) is 17.3 Å². The third kappa shape index (κ3) is 1.80. The molecule has 0 radical (unpaired) electrons. The average Bonchev–Trinajstić information content (AvgIpc) is 2.21. The fourth-order valence-corrected chi connectivity index (χ4v) is 1.15. The molecule has 1 rings (SSSR count). The van der Waals surface area contributed by atoms with Crippen molar-refractivity contribution in [2.75, 3.05) is 11.9 Å². The lowest BCUT2D eigenvalue weighted by molar-refractivity contribution is 0.0683. The molecule has 0 saturated carbocycles. The van der Waals surface area contributed by atoms with Crippen LogP contribution in [-0.2, 0) is 0 Å². The Morgan fingerprint density at radius 1 is 1.12 bits per heavy atom. The Bertz CT molecular complexity index is 419. The van der Waals surface area contributed by atoms with E-state index >= 15 is 0 Å². The Hall–Kier alpha value is -1.79. The van der Waals surface area contributed by atoms with Gasteiger partial charge < -0.3 is 10.4 Å². The van der Waals surface area contributed by atoms with Crippen LogP contribution in [0.3, 0.4) is 0 Å². The van der Waals surface area contributed by atoms with Crippen molar-refractivity contribution in [3.63, 3.8) is 0 Å². The van der Waals surface area contributed by atoms with Crippen LogP contribution in [0.5, 0.6) is 0 Å². The van der Waals surface area contributed by atoms with Crippen molar-refractivity contribution in [1.29, 1.82) is 0 Å². The van der Waals surface area contributed by atoms with Crippen LogP contribution in [0, 0.1) is 23.3 Å². The first-order chi connectivity index (χ1) is 7.41. The second-order valence-electron chi connectivity index (χ2n) is 2.84. The number of hydrogen-bond donors (Lipinski definition) is 2. The molecule has 1 aromatic carbocycles. The van der Waals surface area contributed by atoms with Crippen LogP contribution in [0.2, 0.25) is 0 Å². The Morgan fingerprint density at radius 3 is 1.88 bits per heavy atom. The highest BCUT2D eigenvalue weighted by Gasteiger charge is 2.28. The number of carboxylic acid groups (broad SMARTS) is 1. The van der Waals surface area contributed by atoms with E-state index in [9.17, 15) is 22.4 Å². The maximum atomic E-state index is 13.1. The van der Waals surface area contributed by atoms with E-state index < -0.39 is 40.5 Å². The molecule has 0 amide bonds. The number of anilines is 1. The van der Waals surface area contributed by atoms with Crippen LogP contribution in [0.15, 0.2) is 0 Å². The minimum Gasteiger partial charge on any atom is -0.477 e. The molecule has 0 aliphatic rings. The molecule has 0 aliphatic carbocycles. The van der Waals surface area contributed by atoms with Gasteiger partial charge in [-0.05, 0) is 6.92 Å². The van der Waals surface area contributed by atoms with Crippen molar-refractivity contribution >= 4 is 11.7 Å². The molecule has 0 fully saturated rings. The summed E-state index contributed by atoms with van der Waals surface area (Å²) in [5.41, 5.74) is -2.65. The summed E-state index contributed by atoms with van der Waals surface area (Å²) in [4.78, 5) is 10.4. The molecule has 0 unspecified atom stereocenters. The number of aromatic carboxylic acids is 1. The first-order valence-corrected chi connectivity index (χ1v) is 4.24. The van der Waals surface area contributed by atoms with E-state index in [1.807, 2.05) is 0 Å². The summed E-state index contributed by atoms with van der Waals surface area (Å²) in [6.07, 6.45) is 0. The minimum atomic E-state index is -2.07. The van der Waals surface area contributed by atoms with Gasteiger partial charge in [-0.2, -0.15) is 0 Å². The standard InChI is InChI=1S/C9H7F4NO2/c1-2-14-8-6(12)4(10)3(9(15)16)5(11)7(8)13/h14H,2H2,1H3,(H,15,16). The zero-order chi connectivity index (χ0) is 12.5. The highest BCUT2D eigenvalue weighted by Crippen LogP contribution is 2.27. The predicted molar refractivity (Wildman–Crippen MR) is 47.4 cm³/mol. The number of nitrogens with one attached hydrogen (secondary N) is 1. The molecule has 88 valence electrons. The largest absolute Gasteiger partial charge is 0.477 e. The molecule has 0 aromatic heterocycles. The summed E-state index contributed by atoms with van der Waals surface area (Å²) in [5.74, 6) is -9.43. The lowest BCUT2D eigenvalue weighted by atomic mass is 10.1. The van der Waals surface area contributed by atoms with E-state index in [1.54, 1.807) is 0 Å². The summed E-state index contributed by atoms with van der Waals surface area (Å²) in [6, 6.07) is 0. The zero-order valence-corrected chi connectivity index (χ0v) is 8.07. The number of benzene rings is 1. The monoisotopic (exact) mass is 237 g/mol. The van der Waals surface area contributed by atoms with Crippen molar-refractivity contribution in [2.24, 2.45) is 0 Å². The van der Waals surface area contributed by atoms with Gasteiger partial charge in [0, 0.05) is 6.54 Å². The van der Waals surface area contributed by atoms with E-state index in [0.717, 1.165) is 0 Å². The van der Waals surface area contributed by atoms with Crippen molar-refractivity contribution in [3.8, 4) is 0 Å². The van der Waals surface area contributed by atoms with E-state index in [4.69, 9.17) is 5.11 Å². The minimum absolute atomic E-state index is 0.0269. The van der Waals surface area contributed by atoms with Crippen molar-refractivity contribution in [2.45, 2.75) is 6.92 Å². The highest BCUT2D eigenvalue weighted by molar-refractivity contribution is 5.89.